The van der Waals surface area contributed by atoms with Gasteiger partial charge in [-0.15, -0.1) is 0 Å². The molecule has 0 bridgehead atoms. The van der Waals surface area contributed by atoms with Crippen LogP contribution in [-0.4, -0.2) is 5.11 Å². The van der Waals surface area contributed by atoms with Gasteiger partial charge in [0.25, 0.3) is 0 Å². The topological polar surface area (TPSA) is 20.2 Å². The minimum Gasteiger partial charge on any atom is -0.507 e. The van der Waals surface area contributed by atoms with Gasteiger partial charge in [-0.2, -0.15) is 0 Å². The summed E-state index contributed by atoms with van der Waals surface area (Å²) in [7, 11) is 0. The van der Waals surface area contributed by atoms with Crippen LogP contribution in [0.25, 0.3) is 0 Å². The molecule has 1 nitrogen and oxygen atoms in total. The SMILES string of the molecule is CC(C)=C=CO. The molecule has 0 aliphatic carbocycles. The van der Waals surface area contributed by atoms with Gasteiger partial charge in [0.1, 0.15) is 6.26 Å². The van der Waals surface area contributed by atoms with E-state index in [1.54, 1.807) is 0 Å². The molecule has 1 N–H and O–H groups in total. The summed E-state index contributed by atoms with van der Waals surface area (Å²) in [5, 5.41) is 7.98. The van der Waals surface area contributed by atoms with E-state index in [1.165, 1.54) is 0 Å². The molecule has 0 radical (unpaired) electrons. The Kier molecular flexibility index (Phi) is 2.26. The van der Waals surface area contributed by atoms with Gasteiger partial charge < -0.3 is 5.11 Å². The largest absolute Gasteiger partial charge is 0.507 e. The Hall–Kier alpha value is -0.680. The molecular formula is C5H8O. The maximum absolute atomic E-state index is 7.98. The van der Waals surface area contributed by atoms with Crippen LogP contribution in [0, 0.1) is 0 Å². The summed E-state index contributed by atoms with van der Waals surface area (Å²) in [5.74, 6) is 0. The van der Waals surface area contributed by atoms with E-state index in [4.69, 9.17) is 5.11 Å². The van der Waals surface area contributed by atoms with Crippen LogP contribution in [0.5, 0.6) is 0 Å². The molecule has 1 heteroatoms. The van der Waals surface area contributed by atoms with Crippen molar-refractivity contribution in [3.63, 3.8) is 0 Å². The third-order valence-electron chi connectivity index (χ3n) is 0.353. The minimum absolute atomic E-state index is 0.912. The van der Waals surface area contributed by atoms with Crippen molar-refractivity contribution < 1.29 is 5.11 Å². The standard InChI is InChI=1S/C5H8O/c1-5(2)3-4-6/h4,6H,1-2H3. The molecule has 0 spiro atoms. The molecule has 0 atom stereocenters. The third kappa shape index (κ3) is 3.32. The Labute approximate surface area is 37.6 Å². The predicted octanol–water partition coefficient (Wildman–Crippen LogP) is 1.62. The van der Waals surface area contributed by atoms with E-state index in [-0.39, 0.29) is 0 Å². The fourth-order valence-corrected chi connectivity index (χ4v) is 0.129. The molecule has 0 rings (SSSR count). The Morgan fingerprint density at radius 3 is 2.17 bits per heavy atom. The summed E-state index contributed by atoms with van der Waals surface area (Å²) in [6.45, 7) is 3.74. The number of aliphatic hydroxyl groups excluding tert-OH is 1. The molecule has 0 heterocycles. The van der Waals surface area contributed by atoms with Crippen molar-refractivity contribution in [2.75, 3.05) is 0 Å². The Morgan fingerprint density at radius 1 is 1.67 bits per heavy atom. The predicted molar refractivity (Wildman–Crippen MR) is 25.6 cm³/mol. The monoisotopic (exact) mass is 84.1 g/mol. The van der Waals surface area contributed by atoms with Gasteiger partial charge in [0, 0.05) is 0 Å². The van der Waals surface area contributed by atoms with Crippen molar-refractivity contribution in [1.29, 1.82) is 0 Å². The first-order chi connectivity index (χ1) is 2.77. The molecule has 0 amide bonds. The summed E-state index contributed by atoms with van der Waals surface area (Å²) in [6, 6.07) is 0. The second-order valence-electron chi connectivity index (χ2n) is 1.27. The molecule has 0 aliphatic heterocycles. The first-order valence-corrected chi connectivity index (χ1v) is 1.80. The maximum Gasteiger partial charge on any atom is 0.121 e. The van der Waals surface area contributed by atoms with E-state index in [0.717, 1.165) is 11.8 Å². The smallest absolute Gasteiger partial charge is 0.121 e. The average molecular weight is 84.1 g/mol. The van der Waals surface area contributed by atoms with Crippen molar-refractivity contribution in [2.45, 2.75) is 13.8 Å². The Morgan fingerprint density at radius 2 is 2.17 bits per heavy atom. The Balaban J connectivity index is 3.73. The van der Waals surface area contributed by atoms with Crippen LogP contribution in [0.3, 0.4) is 0 Å². The zero-order chi connectivity index (χ0) is 4.99. The summed E-state index contributed by atoms with van der Waals surface area (Å²) < 4.78 is 0. The van der Waals surface area contributed by atoms with Crippen LogP contribution < -0.4 is 0 Å². The molecular weight excluding hydrogens is 76.1 g/mol. The molecule has 0 aromatic carbocycles. The number of hydrogen-bond donors (Lipinski definition) is 1. The van der Waals surface area contributed by atoms with Crippen molar-refractivity contribution >= 4 is 0 Å². The number of allylic oxidation sites excluding steroid dienone is 1. The van der Waals surface area contributed by atoms with Crippen molar-refractivity contribution in [1.82, 2.24) is 0 Å². The lowest BCUT2D eigenvalue weighted by molar-refractivity contribution is 0.474. The van der Waals surface area contributed by atoms with Crippen LogP contribution in [0.1, 0.15) is 13.8 Å². The van der Waals surface area contributed by atoms with Crippen LogP contribution in [0.15, 0.2) is 17.6 Å². The Bertz CT molecular complexity index is 82.1. The molecule has 0 aromatic rings. The molecule has 6 heavy (non-hydrogen) atoms. The summed E-state index contributed by atoms with van der Waals surface area (Å²) in [4.78, 5) is 0. The van der Waals surface area contributed by atoms with Gasteiger partial charge >= 0.3 is 0 Å². The van der Waals surface area contributed by atoms with Gasteiger partial charge in [0.2, 0.25) is 0 Å². The highest BCUT2D eigenvalue weighted by Gasteiger charge is 1.61. The van der Waals surface area contributed by atoms with Gasteiger partial charge in [-0.1, -0.05) is 5.73 Å². The van der Waals surface area contributed by atoms with E-state index >= 15 is 0 Å². The molecule has 0 aromatic heterocycles. The first-order valence-electron chi connectivity index (χ1n) is 1.80. The van der Waals surface area contributed by atoms with Gasteiger partial charge in [-0.05, 0) is 19.4 Å². The van der Waals surface area contributed by atoms with E-state index in [2.05, 4.69) is 5.73 Å². The highest BCUT2D eigenvalue weighted by molar-refractivity contribution is 4.89. The van der Waals surface area contributed by atoms with Crippen LogP contribution in [0.4, 0.5) is 0 Å². The molecule has 0 fully saturated rings. The van der Waals surface area contributed by atoms with Crippen LogP contribution >= 0.6 is 0 Å². The lowest BCUT2D eigenvalue weighted by Crippen LogP contribution is -1.51. The van der Waals surface area contributed by atoms with Crippen molar-refractivity contribution in [2.24, 2.45) is 0 Å². The molecule has 0 aliphatic rings. The van der Waals surface area contributed by atoms with Crippen molar-refractivity contribution in [3.05, 3.63) is 17.6 Å². The van der Waals surface area contributed by atoms with Gasteiger partial charge in [0.05, 0.1) is 0 Å². The van der Waals surface area contributed by atoms with Gasteiger partial charge in [0.15, 0.2) is 0 Å². The maximum atomic E-state index is 7.98. The normalized spacial score (nSPS) is 6.33. The summed E-state index contributed by atoms with van der Waals surface area (Å²) in [6.07, 6.45) is 0.912. The number of aliphatic hydroxyl groups is 1. The zero-order valence-electron chi connectivity index (χ0n) is 4.02. The summed E-state index contributed by atoms with van der Waals surface area (Å²) in [5.41, 5.74) is 3.54. The number of rotatable bonds is 0. The molecule has 34 valence electrons. The van der Waals surface area contributed by atoms with E-state index in [9.17, 15) is 0 Å². The third-order valence-corrected chi connectivity index (χ3v) is 0.353. The van der Waals surface area contributed by atoms with Gasteiger partial charge in [-0.3, -0.25) is 0 Å². The van der Waals surface area contributed by atoms with Crippen molar-refractivity contribution in [3.8, 4) is 0 Å². The summed E-state index contributed by atoms with van der Waals surface area (Å²) >= 11 is 0. The van der Waals surface area contributed by atoms with Gasteiger partial charge in [-0.25, -0.2) is 0 Å². The quantitative estimate of drug-likeness (QED) is 0.349. The minimum atomic E-state index is 0.912. The van der Waals surface area contributed by atoms with E-state index in [1.807, 2.05) is 13.8 Å². The molecule has 0 saturated heterocycles. The van der Waals surface area contributed by atoms with Crippen LogP contribution in [0.2, 0.25) is 0 Å². The fraction of sp³-hybridized carbons (Fsp3) is 0.400. The molecule has 0 saturated carbocycles. The average Bonchev–Trinajstić information content (AvgIpc) is 1.35. The van der Waals surface area contributed by atoms with E-state index in [0.29, 0.717) is 0 Å². The second kappa shape index (κ2) is 2.55. The molecule has 0 unspecified atom stereocenters. The first kappa shape index (κ1) is 5.32. The highest BCUT2D eigenvalue weighted by Crippen LogP contribution is 1.79. The zero-order valence-corrected chi connectivity index (χ0v) is 4.02. The second-order valence-corrected chi connectivity index (χ2v) is 1.27. The van der Waals surface area contributed by atoms with Crippen LogP contribution in [-0.2, 0) is 0 Å². The highest BCUT2D eigenvalue weighted by atomic mass is 16.2. The lowest BCUT2D eigenvalue weighted by Gasteiger charge is -1.69. The fourth-order valence-electron chi connectivity index (χ4n) is 0.129. The number of hydrogen-bond acceptors (Lipinski definition) is 1. The lowest BCUT2D eigenvalue weighted by atomic mass is 10.4. The van der Waals surface area contributed by atoms with E-state index < -0.39 is 0 Å².